The molecule has 1 aliphatic heterocycles. The van der Waals surface area contributed by atoms with Gasteiger partial charge in [0.15, 0.2) is 0 Å². The van der Waals surface area contributed by atoms with Crippen molar-refractivity contribution >= 4 is 17.7 Å². The Bertz CT molecular complexity index is 574. The zero-order valence-electron chi connectivity index (χ0n) is 11.8. The minimum atomic E-state index is 0.142. The van der Waals surface area contributed by atoms with Gasteiger partial charge in [0.1, 0.15) is 0 Å². The lowest BCUT2D eigenvalue weighted by molar-refractivity contribution is -0.120. The number of benzene rings is 1. The summed E-state index contributed by atoms with van der Waals surface area (Å²) in [5.74, 6) is 1.29. The van der Waals surface area contributed by atoms with Gasteiger partial charge in [-0.2, -0.15) is 5.10 Å². The van der Waals surface area contributed by atoms with Crippen molar-refractivity contribution in [3.63, 3.8) is 0 Å². The monoisotopic (exact) mass is 301 g/mol. The molecule has 0 radical (unpaired) electrons. The molecule has 110 valence electrons. The van der Waals surface area contributed by atoms with Crippen molar-refractivity contribution in [1.29, 1.82) is 0 Å². The second-order valence-corrected chi connectivity index (χ2v) is 6.55. The van der Waals surface area contributed by atoms with E-state index in [4.69, 9.17) is 0 Å². The van der Waals surface area contributed by atoms with Crippen LogP contribution >= 0.6 is 11.8 Å². The maximum atomic E-state index is 12.1. The highest BCUT2D eigenvalue weighted by Crippen LogP contribution is 2.25. The summed E-state index contributed by atoms with van der Waals surface area (Å²) in [6.07, 6.45) is 5.16. The van der Waals surface area contributed by atoms with Crippen LogP contribution in [0.3, 0.4) is 0 Å². The van der Waals surface area contributed by atoms with E-state index in [1.54, 1.807) is 18.0 Å². The Hall–Kier alpha value is -1.75. The molecule has 2 aromatic rings. The molecule has 0 saturated carbocycles. The van der Waals surface area contributed by atoms with Gasteiger partial charge >= 0.3 is 0 Å². The quantitative estimate of drug-likeness (QED) is 0.913. The van der Waals surface area contributed by atoms with E-state index in [2.05, 4.69) is 15.5 Å². The predicted molar refractivity (Wildman–Crippen MR) is 86.0 cm³/mol. The second-order valence-electron chi connectivity index (χ2n) is 5.24. The van der Waals surface area contributed by atoms with Gasteiger partial charge in [0.2, 0.25) is 5.91 Å². The first-order valence-electron chi connectivity index (χ1n) is 7.31. The number of carbonyl (C=O) groups excluding carboxylic acids is 1. The van der Waals surface area contributed by atoms with Crippen LogP contribution in [0.15, 0.2) is 36.5 Å². The van der Waals surface area contributed by atoms with Gasteiger partial charge in [-0.3, -0.25) is 9.89 Å². The molecular weight excluding hydrogens is 282 g/mol. The van der Waals surface area contributed by atoms with E-state index in [1.165, 1.54) is 12.8 Å². The zero-order chi connectivity index (χ0) is 14.5. The number of amides is 1. The largest absolute Gasteiger partial charge is 0.351 e. The average molecular weight is 301 g/mol. The average Bonchev–Trinajstić information content (AvgIpc) is 3.08. The minimum Gasteiger partial charge on any atom is -0.351 e. The predicted octanol–water partition coefficient (Wildman–Crippen LogP) is 2.98. The van der Waals surface area contributed by atoms with Crippen molar-refractivity contribution < 1.29 is 4.79 Å². The second kappa shape index (κ2) is 6.80. The molecule has 1 aromatic heterocycles. The molecule has 1 amide bonds. The lowest BCUT2D eigenvalue weighted by atomic mass is 10.1. The van der Waals surface area contributed by atoms with E-state index < -0.39 is 0 Å². The summed E-state index contributed by atoms with van der Waals surface area (Å²) in [6, 6.07) is 10.1. The van der Waals surface area contributed by atoms with Gasteiger partial charge in [0, 0.05) is 12.7 Å². The number of thioether (sulfide) groups is 1. The number of aromatic nitrogens is 2. The van der Waals surface area contributed by atoms with Crippen LogP contribution in [0.25, 0.3) is 11.3 Å². The highest BCUT2D eigenvalue weighted by Gasteiger charge is 2.21. The standard InChI is InChI=1S/C16H19N3OS/c20-16(15-3-1-2-10-21-15)17-11-12-4-6-13(7-5-12)14-8-9-18-19-14/h4-9,15H,1-3,10-11H2,(H,17,20)(H,18,19). The van der Waals surface area contributed by atoms with Gasteiger partial charge in [0.25, 0.3) is 0 Å². The van der Waals surface area contributed by atoms with Crippen molar-refractivity contribution in [2.45, 2.75) is 31.1 Å². The molecule has 2 N–H and O–H groups in total. The first kappa shape index (κ1) is 14.2. The smallest absolute Gasteiger partial charge is 0.233 e. The Labute approximate surface area is 128 Å². The number of hydrogen-bond donors (Lipinski definition) is 2. The fourth-order valence-corrected chi connectivity index (χ4v) is 3.69. The highest BCUT2D eigenvalue weighted by atomic mass is 32.2. The van der Waals surface area contributed by atoms with Crippen molar-refractivity contribution in [1.82, 2.24) is 15.5 Å². The molecule has 1 fully saturated rings. The Morgan fingerprint density at radius 1 is 1.29 bits per heavy atom. The van der Waals surface area contributed by atoms with Crippen LogP contribution in [0, 0.1) is 0 Å². The molecule has 5 heteroatoms. The van der Waals surface area contributed by atoms with Gasteiger partial charge in [-0.25, -0.2) is 0 Å². The summed E-state index contributed by atoms with van der Waals surface area (Å²) in [5.41, 5.74) is 3.22. The molecule has 1 aromatic carbocycles. The normalized spacial score (nSPS) is 18.4. The molecule has 0 aliphatic carbocycles. The number of nitrogens with one attached hydrogen (secondary N) is 2. The van der Waals surface area contributed by atoms with Gasteiger partial charge in [-0.15, -0.1) is 11.8 Å². The number of aromatic amines is 1. The summed E-state index contributed by atoms with van der Waals surface area (Å²) in [4.78, 5) is 12.1. The fourth-order valence-electron chi connectivity index (χ4n) is 2.47. The summed E-state index contributed by atoms with van der Waals surface area (Å²) in [7, 11) is 0. The SMILES string of the molecule is O=C(NCc1ccc(-c2ccn[nH]2)cc1)C1CCCCS1. The van der Waals surface area contributed by atoms with Crippen molar-refractivity contribution in [2.75, 3.05) is 5.75 Å². The van der Waals surface area contributed by atoms with E-state index >= 15 is 0 Å². The van der Waals surface area contributed by atoms with E-state index in [1.807, 2.05) is 30.3 Å². The number of nitrogens with zero attached hydrogens (tertiary/aromatic N) is 1. The van der Waals surface area contributed by atoms with Crippen LogP contribution in [0.1, 0.15) is 24.8 Å². The molecule has 21 heavy (non-hydrogen) atoms. The first-order valence-corrected chi connectivity index (χ1v) is 8.36. The fraction of sp³-hybridized carbons (Fsp3) is 0.375. The van der Waals surface area contributed by atoms with E-state index in [0.29, 0.717) is 6.54 Å². The lowest BCUT2D eigenvalue weighted by Crippen LogP contribution is -2.33. The van der Waals surface area contributed by atoms with Gasteiger partial charge in [0.05, 0.1) is 10.9 Å². The minimum absolute atomic E-state index is 0.142. The number of H-pyrrole nitrogens is 1. The molecule has 1 aliphatic rings. The highest BCUT2D eigenvalue weighted by molar-refractivity contribution is 8.00. The Morgan fingerprint density at radius 2 is 2.14 bits per heavy atom. The van der Waals surface area contributed by atoms with E-state index in [9.17, 15) is 4.79 Å². The van der Waals surface area contributed by atoms with Crippen molar-refractivity contribution in [3.8, 4) is 11.3 Å². The summed E-state index contributed by atoms with van der Waals surface area (Å²) < 4.78 is 0. The van der Waals surface area contributed by atoms with Crippen molar-refractivity contribution in [3.05, 3.63) is 42.1 Å². The van der Waals surface area contributed by atoms with Crippen LogP contribution in [0.2, 0.25) is 0 Å². The molecule has 1 unspecified atom stereocenters. The van der Waals surface area contributed by atoms with Crippen LogP contribution in [0.4, 0.5) is 0 Å². The Kier molecular flexibility index (Phi) is 4.60. The lowest BCUT2D eigenvalue weighted by Gasteiger charge is -2.20. The van der Waals surface area contributed by atoms with E-state index in [-0.39, 0.29) is 11.2 Å². The maximum absolute atomic E-state index is 12.1. The third kappa shape index (κ3) is 3.67. The third-order valence-electron chi connectivity index (χ3n) is 3.70. The number of carbonyl (C=O) groups is 1. The maximum Gasteiger partial charge on any atom is 0.233 e. The first-order chi connectivity index (χ1) is 10.3. The molecule has 3 rings (SSSR count). The zero-order valence-corrected chi connectivity index (χ0v) is 12.7. The third-order valence-corrected chi connectivity index (χ3v) is 5.08. The van der Waals surface area contributed by atoms with Gasteiger partial charge < -0.3 is 5.32 Å². The number of hydrogen-bond acceptors (Lipinski definition) is 3. The van der Waals surface area contributed by atoms with Crippen LogP contribution < -0.4 is 5.32 Å². The number of rotatable bonds is 4. The molecule has 4 nitrogen and oxygen atoms in total. The van der Waals surface area contributed by atoms with Gasteiger partial charge in [-0.1, -0.05) is 30.7 Å². The van der Waals surface area contributed by atoms with Crippen LogP contribution in [0.5, 0.6) is 0 Å². The molecule has 2 heterocycles. The van der Waals surface area contributed by atoms with E-state index in [0.717, 1.165) is 29.0 Å². The topological polar surface area (TPSA) is 57.8 Å². The van der Waals surface area contributed by atoms with Crippen LogP contribution in [-0.4, -0.2) is 27.1 Å². The Balaban J connectivity index is 1.54. The summed E-state index contributed by atoms with van der Waals surface area (Å²) >= 11 is 1.78. The van der Waals surface area contributed by atoms with Crippen molar-refractivity contribution in [2.24, 2.45) is 0 Å². The Morgan fingerprint density at radius 3 is 2.81 bits per heavy atom. The molecule has 1 saturated heterocycles. The van der Waals surface area contributed by atoms with Crippen LogP contribution in [-0.2, 0) is 11.3 Å². The summed E-state index contributed by atoms with van der Waals surface area (Å²) in [6.45, 7) is 0.596. The van der Waals surface area contributed by atoms with Gasteiger partial charge in [-0.05, 0) is 35.8 Å². The molecular formula is C16H19N3OS. The molecule has 1 atom stereocenters. The molecule has 0 spiro atoms. The summed E-state index contributed by atoms with van der Waals surface area (Å²) in [5, 5.41) is 10.1. The molecule has 0 bridgehead atoms.